The van der Waals surface area contributed by atoms with E-state index in [4.69, 9.17) is 9.47 Å². The van der Waals surface area contributed by atoms with Crippen LogP contribution in [0.1, 0.15) is 46.3 Å². The van der Waals surface area contributed by atoms with Gasteiger partial charge in [-0.05, 0) is 42.2 Å². The van der Waals surface area contributed by atoms with E-state index < -0.39 is 12.0 Å². The number of ether oxygens (including phenoxy) is 2. The number of carbonyl (C=O) groups excluding carboxylic acids is 2. The molecule has 0 saturated carbocycles. The van der Waals surface area contributed by atoms with Crippen molar-refractivity contribution in [1.82, 2.24) is 10.2 Å². The fourth-order valence-corrected chi connectivity index (χ4v) is 4.30. The van der Waals surface area contributed by atoms with Gasteiger partial charge in [-0.3, -0.25) is 9.59 Å². The first-order valence-corrected chi connectivity index (χ1v) is 9.99. The first kappa shape index (κ1) is 19.5. The summed E-state index contributed by atoms with van der Waals surface area (Å²) in [5, 5.41) is 3.07. The van der Waals surface area contributed by atoms with Crippen molar-refractivity contribution in [3.8, 4) is 5.75 Å². The highest BCUT2D eigenvalue weighted by Gasteiger charge is 2.42. The van der Waals surface area contributed by atoms with E-state index in [0.29, 0.717) is 12.1 Å². The Hall–Kier alpha value is -2.86. The lowest BCUT2D eigenvalue weighted by Crippen LogP contribution is -2.46. The van der Waals surface area contributed by atoms with Crippen molar-refractivity contribution >= 4 is 11.8 Å². The summed E-state index contributed by atoms with van der Waals surface area (Å²) in [6.07, 6.45) is 2.05. The van der Waals surface area contributed by atoms with E-state index in [0.717, 1.165) is 36.3 Å². The van der Waals surface area contributed by atoms with Gasteiger partial charge in [-0.1, -0.05) is 30.3 Å². The fraction of sp³-hybridized carbons (Fsp3) is 0.391. The van der Waals surface area contributed by atoms with Crippen molar-refractivity contribution in [3.63, 3.8) is 0 Å². The van der Waals surface area contributed by atoms with Crippen LogP contribution >= 0.6 is 0 Å². The molecule has 2 aliphatic heterocycles. The lowest BCUT2D eigenvalue weighted by molar-refractivity contribution is -0.124. The first-order chi connectivity index (χ1) is 14.1. The van der Waals surface area contributed by atoms with Crippen LogP contribution in [0.5, 0.6) is 5.75 Å². The number of rotatable bonds is 5. The minimum Gasteiger partial charge on any atom is -0.497 e. The number of nitrogens with one attached hydrogen (secondary N) is 1. The minimum atomic E-state index is -0.497. The average molecular weight is 394 g/mol. The smallest absolute Gasteiger partial charge is 0.254 e. The lowest BCUT2D eigenvalue weighted by Gasteiger charge is -2.40. The average Bonchev–Trinajstić information content (AvgIpc) is 3.28. The van der Waals surface area contributed by atoms with Crippen LogP contribution in [0, 0.1) is 0 Å². The van der Waals surface area contributed by atoms with E-state index in [9.17, 15) is 9.59 Å². The number of hydrogen-bond donors (Lipinski definition) is 1. The summed E-state index contributed by atoms with van der Waals surface area (Å²) in [5.74, 6) is 0.0692. The van der Waals surface area contributed by atoms with Gasteiger partial charge in [-0.2, -0.15) is 0 Å². The number of benzene rings is 2. The molecule has 2 aromatic carbocycles. The normalized spacial score (nSPS) is 23.6. The van der Waals surface area contributed by atoms with Gasteiger partial charge in [-0.15, -0.1) is 0 Å². The van der Waals surface area contributed by atoms with Crippen LogP contribution in [0.4, 0.5) is 0 Å². The summed E-state index contributed by atoms with van der Waals surface area (Å²) in [6.45, 7) is 1.24. The Morgan fingerprint density at radius 2 is 1.97 bits per heavy atom. The van der Waals surface area contributed by atoms with E-state index in [2.05, 4.69) is 5.32 Å². The molecule has 0 spiro atoms. The van der Waals surface area contributed by atoms with E-state index in [1.807, 2.05) is 42.5 Å². The molecular formula is C23H26N2O4. The van der Waals surface area contributed by atoms with Crippen molar-refractivity contribution in [3.05, 3.63) is 65.2 Å². The zero-order valence-electron chi connectivity index (χ0n) is 16.8. The van der Waals surface area contributed by atoms with Crippen LogP contribution in [0.15, 0.2) is 48.5 Å². The van der Waals surface area contributed by atoms with Gasteiger partial charge in [0, 0.05) is 25.8 Å². The van der Waals surface area contributed by atoms with Gasteiger partial charge in [0.25, 0.3) is 5.91 Å². The summed E-state index contributed by atoms with van der Waals surface area (Å²) < 4.78 is 10.9. The molecule has 0 radical (unpaired) electrons. The van der Waals surface area contributed by atoms with Crippen LogP contribution in [0.25, 0.3) is 0 Å². The Labute approximate surface area is 170 Å². The number of carbonyl (C=O) groups is 2. The molecule has 152 valence electrons. The highest BCUT2D eigenvalue weighted by atomic mass is 16.5. The van der Waals surface area contributed by atoms with Crippen molar-refractivity contribution in [2.24, 2.45) is 0 Å². The topological polar surface area (TPSA) is 67.9 Å². The standard InChI is InChI=1S/C23H26N2O4/c1-25-21(15-9-11-16(28-2)12-10-15)20(18-7-3-4-8-19(18)23(25)27)22(26)24-14-17-6-5-13-29-17/h3-4,7-12,17,20-21H,5-6,13-14H2,1-2H3,(H,24,26)/t17-,20-,21-/m1/s1. The third-order valence-corrected chi connectivity index (χ3v) is 5.85. The summed E-state index contributed by atoms with van der Waals surface area (Å²) in [5.41, 5.74) is 2.24. The SMILES string of the molecule is COc1ccc([C@@H]2[C@H](C(=O)NC[C@H]3CCCO3)c3ccccc3C(=O)N2C)cc1. The second-order valence-electron chi connectivity index (χ2n) is 7.58. The number of likely N-dealkylation sites (N-methyl/N-ethyl adjacent to an activating group) is 1. The molecule has 0 aliphatic carbocycles. The summed E-state index contributed by atoms with van der Waals surface area (Å²) in [6, 6.07) is 14.5. The Bertz CT molecular complexity index is 890. The van der Waals surface area contributed by atoms with E-state index in [1.165, 1.54) is 0 Å². The second-order valence-corrected chi connectivity index (χ2v) is 7.58. The van der Waals surface area contributed by atoms with Gasteiger partial charge in [-0.25, -0.2) is 0 Å². The first-order valence-electron chi connectivity index (χ1n) is 9.99. The third-order valence-electron chi connectivity index (χ3n) is 5.85. The number of fused-ring (bicyclic) bond motifs is 1. The second kappa shape index (κ2) is 8.25. The number of nitrogens with zero attached hydrogens (tertiary/aromatic N) is 1. The number of methoxy groups -OCH3 is 1. The molecule has 1 fully saturated rings. The zero-order valence-corrected chi connectivity index (χ0v) is 16.8. The molecule has 2 amide bonds. The molecule has 0 aromatic heterocycles. The maximum absolute atomic E-state index is 13.3. The van der Waals surface area contributed by atoms with Crippen LogP contribution in [0.3, 0.4) is 0 Å². The number of amides is 2. The minimum absolute atomic E-state index is 0.0663. The molecule has 6 heteroatoms. The van der Waals surface area contributed by atoms with E-state index in [1.54, 1.807) is 25.1 Å². The van der Waals surface area contributed by atoms with Gasteiger partial charge in [0.1, 0.15) is 5.75 Å². The molecule has 2 aliphatic rings. The third kappa shape index (κ3) is 3.72. The van der Waals surface area contributed by atoms with Crippen LogP contribution in [0.2, 0.25) is 0 Å². The van der Waals surface area contributed by atoms with Crippen LogP contribution in [-0.2, 0) is 9.53 Å². The predicted octanol–water partition coefficient (Wildman–Crippen LogP) is 2.90. The van der Waals surface area contributed by atoms with Crippen molar-refractivity contribution in [1.29, 1.82) is 0 Å². The van der Waals surface area contributed by atoms with Crippen molar-refractivity contribution in [2.75, 3.05) is 27.3 Å². The molecule has 0 unspecified atom stereocenters. The Morgan fingerprint density at radius 1 is 1.21 bits per heavy atom. The molecule has 3 atom stereocenters. The van der Waals surface area contributed by atoms with Gasteiger partial charge >= 0.3 is 0 Å². The van der Waals surface area contributed by atoms with Crippen molar-refractivity contribution < 1.29 is 19.1 Å². The molecule has 1 N–H and O–H groups in total. The largest absolute Gasteiger partial charge is 0.497 e. The summed E-state index contributed by atoms with van der Waals surface area (Å²) >= 11 is 0. The quantitative estimate of drug-likeness (QED) is 0.847. The van der Waals surface area contributed by atoms with Crippen LogP contribution in [-0.4, -0.2) is 50.1 Å². The highest BCUT2D eigenvalue weighted by molar-refractivity contribution is 6.01. The molecular weight excluding hydrogens is 368 g/mol. The Balaban J connectivity index is 1.69. The van der Waals surface area contributed by atoms with Gasteiger partial charge in [0.05, 0.1) is 25.2 Å². The maximum atomic E-state index is 13.3. The number of hydrogen-bond acceptors (Lipinski definition) is 4. The Morgan fingerprint density at radius 3 is 2.66 bits per heavy atom. The molecule has 0 bridgehead atoms. The molecule has 2 heterocycles. The maximum Gasteiger partial charge on any atom is 0.254 e. The molecule has 2 aromatic rings. The Kier molecular flexibility index (Phi) is 5.53. The summed E-state index contributed by atoms with van der Waals surface area (Å²) in [7, 11) is 3.37. The monoisotopic (exact) mass is 394 g/mol. The van der Waals surface area contributed by atoms with Crippen molar-refractivity contribution in [2.45, 2.75) is 30.9 Å². The van der Waals surface area contributed by atoms with Crippen LogP contribution < -0.4 is 10.1 Å². The van der Waals surface area contributed by atoms with E-state index >= 15 is 0 Å². The summed E-state index contributed by atoms with van der Waals surface area (Å²) in [4.78, 5) is 28.0. The molecule has 6 nitrogen and oxygen atoms in total. The fourth-order valence-electron chi connectivity index (χ4n) is 4.30. The lowest BCUT2D eigenvalue weighted by atomic mass is 9.79. The van der Waals surface area contributed by atoms with Gasteiger partial charge in [0.15, 0.2) is 0 Å². The molecule has 29 heavy (non-hydrogen) atoms. The zero-order chi connectivity index (χ0) is 20.4. The predicted molar refractivity (Wildman–Crippen MR) is 109 cm³/mol. The highest BCUT2D eigenvalue weighted by Crippen LogP contribution is 2.42. The molecule has 4 rings (SSSR count). The van der Waals surface area contributed by atoms with Gasteiger partial charge in [0.2, 0.25) is 5.91 Å². The van der Waals surface area contributed by atoms with E-state index in [-0.39, 0.29) is 17.9 Å². The molecule has 1 saturated heterocycles. The van der Waals surface area contributed by atoms with Gasteiger partial charge < -0.3 is 19.7 Å².